The first kappa shape index (κ1) is 17.5. The highest BCUT2D eigenvalue weighted by atomic mass is 16.5. The Morgan fingerprint density at radius 2 is 2.14 bits per heavy atom. The van der Waals surface area contributed by atoms with Gasteiger partial charge in [0.25, 0.3) is 5.91 Å². The molecule has 2 N–H and O–H groups in total. The van der Waals surface area contributed by atoms with E-state index in [1.807, 2.05) is 29.2 Å². The van der Waals surface area contributed by atoms with E-state index in [0.29, 0.717) is 31.2 Å². The largest absolute Gasteiger partial charge is 0.494 e. The van der Waals surface area contributed by atoms with Crippen LogP contribution in [-0.4, -0.2) is 37.0 Å². The van der Waals surface area contributed by atoms with Gasteiger partial charge < -0.3 is 15.4 Å². The summed E-state index contributed by atoms with van der Waals surface area (Å²) in [4.78, 5) is 14.5. The van der Waals surface area contributed by atoms with Crippen LogP contribution in [0.2, 0.25) is 0 Å². The van der Waals surface area contributed by atoms with E-state index in [4.69, 9.17) is 10.5 Å². The predicted octanol–water partition coefficient (Wildman–Crippen LogP) is 2.92. The summed E-state index contributed by atoms with van der Waals surface area (Å²) in [6.07, 6.45) is 1.78. The molecule has 1 rings (SSSR count). The van der Waals surface area contributed by atoms with Crippen LogP contribution in [-0.2, 0) is 0 Å². The molecule has 0 fully saturated rings. The van der Waals surface area contributed by atoms with Crippen LogP contribution in [0.4, 0.5) is 0 Å². The Kier molecular flexibility index (Phi) is 7.83. The quantitative estimate of drug-likeness (QED) is 0.761. The van der Waals surface area contributed by atoms with Crippen molar-refractivity contribution in [3.05, 3.63) is 29.8 Å². The molecule has 0 bridgehead atoms. The zero-order valence-corrected chi connectivity index (χ0v) is 13.5. The van der Waals surface area contributed by atoms with Gasteiger partial charge in [-0.2, -0.15) is 0 Å². The summed E-state index contributed by atoms with van der Waals surface area (Å²) in [5, 5.41) is 0. The first-order valence-corrected chi connectivity index (χ1v) is 7.80. The summed E-state index contributed by atoms with van der Waals surface area (Å²) in [5.74, 6) is 1.25. The maximum absolute atomic E-state index is 12.6. The Balaban J connectivity index is 2.81. The Morgan fingerprint density at radius 3 is 2.76 bits per heavy atom. The zero-order chi connectivity index (χ0) is 15.7. The number of carbonyl (C=O) groups is 1. The average molecular weight is 292 g/mol. The van der Waals surface area contributed by atoms with E-state index >= 15 is 0 Å². The molecule has 0 saturated heterocycles. The van der Waals surface area contributed by atoms with Gasteiger partial charge in [-0.1, -0.05) is 26.8 Å². The van der Waals surface area contributed by atoms with Crippen molar-refractivity contribution >= 4 is 5.91 Å². The van der Waals surface area contributed by atoms with E-state index < -0.39 is 0 Å². The lowest BCUT2D eigenvalue weighted by atomic mass is 10.1. The Hall–Kier alpha value is -1.55. The van der Waals surface area contributed by atoms with Gasteiger partial charge in [0.1, 0.15) is 5.75 Å². The number of rotatable bonds is 9. The van der Waals surface area contributed by atoms with Crippen LogP contribution in [0.1, 0.15) is 44.0 Å². The molecule has 0 aliphatic carbocycles. The third kappa shape index (κ3) is 6.17. The fourth-order valence-corrected chi connectivity index (χ4v) is 2.12. The van der Waals surface area contributed by atoms with Gasteiger partial charge in [0.15, 0.2) is 0 Å². The summed E-state index contributed by atoms with van der Waals surface area (Å²) in [5.41, 5.74) is 6.25. The van der Waals surface area contributed by atoms with Crippen molar-refractivity contribution in [3.63, 3.8) is 0 Å². The van der Waals surface area contributed by atoms with Gasteiger partial charge in [0.05, 0.1) is 6.61 Å². The van der Waals surface area contributed by atoms with Crippen LogP contribution in [0.15, 0.2) is 24.3 Å². The smallest absolute Gasteiger partial charge is 0.253 e. The Bertz CT molecular complexity index is 433. The lowest BCUT2D eigenvalue weighted by Gasteiger charge is -2.24. The zero-order valence-electron chi connectivity index (χ0n) is 13.5. The third-order valence-electron chi connectivity index (χ3n) is 3.06. The molecule has 118 valence electrons. The van der Waals surface area contributed by atoms with Crippen LogP contribution in [0.25, 0.3) is 0 Å². The number of amides is 1. The van der Waals surface area contributed by atoms with E-state index in [1.54, 1.807) is 0 Å². The second-order valence-electron chi connectivity index (χ2n) is 5.66. The molecular formula is C17H28N2O2. The van der Waals surface area contributed by atoms with Gasteiger partial charge >= 0.3 is 0 Å². The number of nitrogens with zero attached hydrogens (tertiary/aromatic N) is 1. The maximum atomic E-state index is 12.6. The van der Waals surface area contributed by atoms with Gasteiger partial charge in [-0.25, -0.2) is 0 Å². The fraction of sp³-hybridized carbons (Fsp3) is 0.588. The predicted molar refractivity (Wildman–Crippen MR) is 86.6 cm³/mol. The maximum Gasteiger partial charge on any atom is 0.253 e. The summed E-state index contributed by atoms with van der Waals surface area (Å²) in [6, 6.07) is 7.43. The van der Waals surface area contributed by atoms with Crippen LogP contribution in [0.5, 0.6) is 5.75 Å². The van der Waals surface area contributed by atoms with E-state index in [-0.39, 0.29) is 5.91 Å². The van der Waals surface area contributed by atoms with Crippen molar-refractivity contribution in [1.29, 1.82) is 0 Å². The second kappa shape index (κ2) is 9.40. The van der Waals surface area contributed by atoms with E-state index in [2.05, 4.69) is 20.8 Å². The van der Waals surface area contributed by atoms with Crippen LogP contribution >= 0.6 is 0 Å². The van der Waals surface area contributed by atoms with Gasteiger partial charge in [0.2, 0.25) is 0 Å². The number of carbonyl (C=O) groups excluding carboxylic acids is 1. The highest BCUT2D eigenvalue weighted by molar-refractivity contribution is 5.94. The van der Waals surface area contributed by atoms with Crippen molar-refractivity contribution in [2.75, 3.05) is 26.2 Å². The van der Waals surface area contributed by atoms with Gasteiger partial charge in [0, 0.05) is 18.7 Å². The molecule has 0 saturated carbocycles. The van der Waals surface area contributed by atoms with Crippen molar-refractivity contribution in [2.45, 2.75) is 33.6 Å². The van der Waals surface area contributed by atoms with Gasteiger partial charge in [-0.05, 0) is 43.5 Å². The van der Waals surface area contributed by atoms with E-state index in [9.17, 15) is 4.79 Å². The standard InChI is InChI=1S/C17H28N2O2/c1-4-11-21-16-8-5-7-15(12-16)17(20)19(10-6-9-18)13-14(2)3/h5,7-8,12,14H,4,6,9-11,13,18H2,1-3H3. The molecule has 4 nitrogen and oxygen atoms in total. The molecule has 0 aliphatic rings. The molecular weight excluding hydrogens is 264 g/mol. The normalized spacial score (nSPS) is 10.7. The summed E-state index contributed by atoms with van der Waals surface area (Å²) in [6.45, 7) is 9.01. The highest BCUT2D eigenvalue weighted by Crippen LogP contribution is 2.16. The van der Waals surface area contributed by atoms with Crippen molar-refractivity contribution < 1.29 is 9.53 Å². The number of nitrogens with two attached hydrogens (primary N) is 1. The molecule has 0 aliphatic heterocycles. The number of benzene rings is 1. The van der Waals surface area contributed by atoms with E-state index in [0.717, 1.165) is 25.1 Å². The van der Waals surface area contributed by atoms with E-state index in [1.165, 1.54) is 0 Å². The summed E-state index contributed by atoms with van der Waals surface area (Å²) < 4.78 is 5.60. The molecule has 1 aromatic rings. The van der Waals surface area contributed by atoms with Crippen molar-refractivity contribution in [3.8, 4) is 5.75 Å². The van der Waals surface area contributed by atoms with Gasteiger partial charge in [-0.3, -0.25) is 4.79 Å². The SMILES string of the molecule is CCCOc1cccc(C(=O)N(CCCN)CC(C)C)c1. The molecule has 0 unspecified atom stereocenters. The minimum atomic E-state index is 0.0547. The topological polar surface area (TPSA) is 55.6 Å². The number of hydrogen-bond donors (Lipinski definition) is 1. The fourth-order valence-electron chi connectivity index (χ4n) is 2.12. The van der Waals surface area contributed by atoms with Crippen molar-refractivity contribution in [2.24, 2.45) is 11.7 Å². The highest BCUT2D eigenvalue weighted by Gasteiger charge is 2.17. The van der Waals surface area contributed by atoms with Crippen LogP contribution in [0.3, 0.4) is 0 Å². The monoisotopic (exact) mass is 292 g/mol. The minimum Gasteiger partial charge on any atom is -0.494 e. The lowest BCUT2D eigenvalue weighted by Crippen LogP contribution is -2.35. The first-order valence-electron chi connectivity index (χ1n) is 7.80. The Morgan fingerprint density at radius 1 is 1.38 bits per heavy atom. The first-order chi connectivity index (χ1) is 10.1. The molecule has 0 heterocycles. The minimum absolute atomic E-state index is 0.0547. The molecule has 1 amide bonds. The molecule has 4 heteroatoms. The molecule has 0 aromatic heterocycles. The molecule has 0 atom stereocenters. The van der Waals surface area contributed by atoms with Crippen molar-refractivity contribution in [1.82, 2.24) is 4.90 Å². The molecule has 0 radical (unpaired) electrons. The number of hydrogen-bond acceptors (Lipinski definition) is 3. The number of ether oxygens (including phenoxy) is 1. The molecule has 21 heavy (non-hydrogen) atoms. The van der Waals surface area contributed by atoms with Gasteiger partial charge in [-0.15, -0.1) is 0 Å². The average Bonchev–Trinajstić information content (AvgIpc) is 2.48. The molecule has 1 aromatic carbocycles. The van der Waals surface area contributed by atoms with Crippen LogP contribution < -0.4 is 10.5 Å². The van der Waals surface area contributed by atoms with Crippen LogP contribution in [0, 0.1) is 5.92 Å². The third-order valence-corrected chi connectivity index (χ3v) is 3.06. The second-order valence-corrected chi connectivity index (χ2v) is 5.66. The Labute approximate surface area is 128 Å². The molecule has 0 spiro atoms. The summed E-state index contributed by atoms with van der Waals surface area (Å²) in [7, 11) is 0. The lowest BCUT2D eigenvalue weighted by molar-refractivity contribution is 0.0734. The summed E-state index contributed by atoms with van der Waals surface area (Å²) >= 11 is 0.